The van der Waals surface area contributed by atoms with Crippen molar-refractivity contribution in [3.05, 3.63) is 10.6 Å². The molecule has 0 aromatic carbocycles. The van der Waals surface area contributed by atoms with Crippen molar-refractivity contribution in [2.45, 2.75) is 40.5 Å². The normalized spacial score (nSPS) is 10.8. The number of ether oxygens (including phenoxy) is 1. The van der Waals surface area contributed by atoms with Gasteiger partial charge in [-0.3, -0.25) is 0 Å². The Morgan fingerprint density at radius 1 is 1.37 bits per heavy atom. The number of hydrogen-bond donors (Lipinski definition) is 0. The minimum Gasteiger partial charge on any atom is -0.465 e. The summed E-state index contributed by atoms with van der Waals surface area (Å²) < 4.78 is 4.78. The summed E-state index contributed by atoms with van der Waals surface area (Å²) in [5.41, 5.74) is 0.759. The summed E-state index contributed by atoms with van der Waals surface area (Å²) in [5.74, 6) is 0.380. The van der Waals surface area contributed by atoms with Gasteiger partial charge < -0.3 is 9.64 Å². The molecule has 0 fully saturated rings. The van der Waals surface area contributed by atoms with Gasteiger partial charge in [0.05, 0.1) is 12.8 Å². The lowest BCUT2D eigenvalue weighted by molar-refractivity contribution is 0.0605. The summed E-state index contributed by atoms with van der Waals surface area (Å²) in [6, 6.07) is 0. The molecule has 1 heterocycles. The first-order chi connectivity index (χ1) is 9.07. The minimum absolute atomic E-state index is 0.292. The van der Waals surface area contributed by atoms with E-state index in [4.69, 9.17) is 4.74 Å². The van der Waals surface area contributed by atoms with Crippen molar-refractivity contribution in [1.82, 2.24) is 4.98 Å². The van der Waals surface area contributed by atoms with Crippen LogP contribution < -0.4 is 4.90 Å². The van der Waals surface area contributed by atoms with Gasteiger partial charge in [-0.05, 0) is 19.8 Å². The van der Waals surface area contributed by atoms with Gasteiger partial charge >= 0.3 is 5.97 Å². The highest BCUT2D eigenvalue weighted by Gasteiger charge is 2.20. The molecule has 108 valence electrons. The van der Waals surface area contributed by atoms with E-state index in [0.717, 1.165) is 23.9 Å². The standard InChI is InChI=1S/C14H24N2O2S/c1-6-11(7-2)9-16(8-3)14-15-10(4)12(19-14)13(17)18-5/h11H,6-9H2,1-5H3. The average Bonchev–Trinajstić information content (AvgIpc) is 2.81. The SMILES string of the molecule is CCC(CC)CN(CC)c1nc(C)c(C(=O)OC)s1. The van der Waals surface area contributed by atoms with Gasteiger partial charge in [0.25, 0.3) is 0 Å². The largest absolute Gasteiger partial charge is 0.465 e. The number of thiazole rings is 1. The zero-order valence-electron chi connectivity index (χ0n) is 12.5. The van der Waals surface area contributed by atoms with Crippen LogP contribution in [-0.4, -0.2) is 31.2 Å². The fraction of sp³-hybridized carbons (Fsp3) is 0.714. The van der Waals surface area contributed by atoms with Crippen LogP contribution in [0.15, 0.2) is 0 Å². The molecule has 0 unspecified atom stereocenters. The number of anilines is 1. The predicted molar refractivity (Wildman–Crippen MR) is 80.1 cm³/mol. The third-order valence-corrected chi connectivity index (χ3v) is 4.64. The lowest BCUT2D eigenvalue weighted by Crippen LogP contribution is -2.28. The molecule has 0 atom stereocenters. The maximum atomic E-state index is 11.6. The summed E-state index contributed by atoms with van der Waals surface area (Å²) in [7, 11) is 1.41. The summed E-state index contributed by atoms with van der Waals surface area (Å²) in [6.45, 7) is 10.3. The van der Waals surface area contributed by atoms with Crippen LogP contribution in [0.2, 0.25) is 0 Å². The van der Waals surface area contributed by atoms with Gasteiger partial charge in [-0.25, -0.2) is 9.78 Å². The first kappa shape index (κ1) is 16.0. The third-order valence-electron chi connectivity index (χ3n) is 3.44. The van der Waals surface area contributed by atoms with Crippen LogP contribution >= 0.6 is 11.3 Å². The molecule has 0 saturated heterocycles. The molecule has 0 radical (unpaired) electrons. The van der Waals surface area contributed by atoms with Gasteiger partial charge in [0, 0.05) is 13.1 Å². The maximum absolute atomic E-state index is 11.6. The van der Waals surface area contributed by atoms with Gasteiger partial charge in [-0.2, -0.15) is 0 Å². The van der Waals surface area contributed by atoms with E-state index in [0.29, 0.717) is 10.8 Å². The van der Waals surface area contributed by atoms with Crippen molar-refractivity contribution >= 4 is 22.4 Å². The Morgan fingerprint density at radius 3 is 2.47 bits per heavy atom. The number of carbonyl (C=O) groups excluding carboxylic acids is 1. The summed E-state index contributed by atoms with van der Waals surface area (Å²) in [5, 5.41) is 0.923. The van der Waals surface area contributed by atoms with E-state index < -0.39 is 0 Å². The van der Waals surface area contributed by atoms with E-state index in [9.17, 15) is 4.79 Å². The molecule has 1 rings (SSSR count). The van der Waals surface area contributed by atoms with E-state index in [-0.39, 0.29) is 5.97 Å². The Labute approximate surface area is 119 Å². The molecule has 4 nitrogen and oxygen atoms in total. The Bertz CT molecular complexity index is 414. The highest BCUT2D eigenvalue weighted by molar-refractivity contribution is 7.17. The lowest BCUT2D eigenvalue weighted by atomic mass is 10.0. The van der Waals surface area contributed by atoms with Crippen molar-refractivity contribution in [2.75, 3.05) is 25.1 Å². The van der Waals surface area contributed by atoms with Crippen molar-refractivity contribution in [3.8, 4) is 0 Å². The van der Waals surface area contributed by atoms with Crippen LogP contribution in [0.5, 0.6) is 0 Å². The third kappa shape index (κ3) is 3.93. The highest BCUT2D eigenvalue weighted by atomic mass is 32.1. The van der Waals surface area contributed by atoms with E-state index >= 15 is 0 Å². The van der Waals surface area contributed by atoms with Crippen LogP contribution in [0.25, 0.3) is 0 Å². The van der Waals surface area contributed by atoms with Crippen LogP contribution in [0.3, 0.4) is 0 Å². The second-order valence-corrected chi connectivity index (χ2v) is 5.60. The number of aromatic nitrogens is 1. The highest BCUT2D eigenvalue weighted by Crippen LogP contribution is 2.27. The molecule has 19 heavy (non-hydrogen) atoms. The van der Waals surface area contributed by atoms with Crippen molar-refractivity contribution in [2.24, 2.45) is 5.92 Å². The zero-order chi connectivity index (χ0) is 14.4. The Balaban J connectivity index is 2.90. The van der Waals surface area contributed by atoms with Crippen molar-refractivity contribution < 1.29 is 9.53 Å². The molecule has 5 heteroatoms. The molecule has 0 aliphatic rings. The van der Waals surface area contributed by atoms with Crippen LogP contribution in [-0.2, 0) is 4.74 Å². The number of nitrogens with zero attached hydrogens (tertiary/aromatic N) is 2. The molecule has 0 amide bonds. The molecule has 0 aliphatic heterocycles. The average molecular weight is 284 g/mol. The quantitative estimate of drug-likeness (QED) is 0.719. The number of rotatable bonds is 7. The van der Waals surface area contributed by atoms with Crippen LogP contribution in [0.4, 0.5) is 5.13 Å². The molecule has 0 saturated carbocycles. The fourth-order valence-corrected chi connectivity index (χ4v) is 3.06. The van der Waals surface area contributed by atoms with Crippen LogP contribution in [0.1, 0.15) is 49.0 Å². The number of carbonyl (C=O) groups is 1. The van der Waals surface area contributed by atoms with Gasteiger partial charge in [-0.15, -0.1) is 0 Å². The number of aryl methyl sites for hydroxylation is 1. The minimum atomic E-state index is -0.292. The smallest absolute Gasteiger partial charge is 0.350 e. The Morgan fingerprint density at radius 2 is 2.00 bits per heavy atom. The molecule has 0 spiro atoms. The molecule has 0 aliphatic carbocycles. The van der Waals surface area contributed by atoms with Crippen molar-refractivity contribution in [1.29, 1.82) is 0 Å². The second kappa shape index (κ2) is 7.48. The maximum Gasteiger partial charge on any atom is 0.350 e. The molecule has 1 aromatic rings. The van der Waals surface area contributed by atoms with E-state index in [1.807, 2.05) is 6.92 Å². The second-order valence-electron chi connectivity index (χ2n) is 4.62. The molecule has 0 N–H and O–H groups in total. The topological polar surface area (TPSA) is 42.4 Å². The Kier molecular flexibility index (Phi) is 6.28. The monoisotopic (exact) mass is 284 g/mol. The van der Waals surface area contributed by atoms with Gasteiger partial charge in [-0.1, -0.05) is 38.0 Å². The van der Waals surface area contributed by atoms with E-state index in [1.54, 1.807) is 0 Å². The fourth-order valence-electron chi connectivity index (χ4n) is 2.00. The van der Waals surface area contributed by atoms with Crippen LogP contribution in [0, 0.1) is 12.8 Å². The Hall–Kier alpha value is -1.10. The van der Waals surface area contributed by atoms with E-state index in [1.165, 1.54) is 31.3 Å². The summed E-state index contributed by atoms with van der Waals surface area (Å²) in [6.07, 6.45) is 2.34. The zero-order valence-corrected chi connectivity index (χ0v) is 13.3. The van der Waals surface area contributed by atoms with Gasteiger partial charge in [0.1, 0.15) is 4.88 Å². The van der Waals surface area contributed by atoms with Crippen molar-refractivity contribution in [3.63, 3.8) is 0 Å². The molecular formula is C14H24N2O2S. The first-order valence-corrected chi connectivity index (χ1v) is 7.69. The predicted octanol–water partition coefficient (Wildman–Crippen LogP) is 3.50. The molecule has 0 bridgehead atoms. The lowest BCUT2D eigenvalue weighted by Gasteiger charge is -2.24. The summed E-state index contributed by atoms with van der Waals surface area (Å²) >= 11 is 1.43. The number of methoxy groups -OCH3 is 1. The first-order valence-electron chi connectivity index (χ1n) is 6.87. The van der Waals surface area contributed by atoms with Gasteiger partial charge in [0.2, 0.25) is 0 Å². The number of esters is 1. The molecule has 1 aromatic heterocycles. The van der Waals surface area contributed by atoms with Gasteiger partial charge in [0.15, 0.2) is 5.13 Å². The number of hydrogen-bond acceptors (Lipinski definition) is 5. The molecular weight excluding hydrogens is 260 g/mol. The summed E-state index contributed by atoms with van der Waals surface area (Å²) in [4.78, 5) is 19.0. The van der Waals surface area contributed by atoms with E-state index in [2.05, 4.69) is 30.7 Å².